The number of aromatic nitrogens is 2. The van der Waals surface area contributed by atoms with E-state index >= 15 is 0 Å². The summed E-state index contributed by atoms with van der Waals surface area (Å²) in [4.78, 5) is 54.9. The zero-order valence-electron chi connectivity index (χ0n) is 31.0. The maximum atomic E-state index is 14.1. The molecule has 304 valence electrons. The van der Waals surface area contributed by atoms with Crippen LogP contribution in [0.25, 0.3) is 21.3 Å². The summed E-state index contributed by atoms with van der Waals surface area (Å²) in [6, 6.07) is 20.5. The number of nitrogens with zero attached hydrogens (tertiary/aromatic N) is 4. The third-order valence-electron chi connectivity index (χ3n) is 9.13. The van der Waals surface area contributed by atoms with Gasteiger partial charge in [-0.2, -0.15) is 18.2 Å². The predicted octanol–water partition coefficient (Wildman–Crippen LogP) is 5.32. The standard InChI is InChI=1S/C36H36F4N4O2S.C4H6O6/c1-3-42(4-2)20-21-43(23-26-5-10-27(11-6-26)28-12-14-29(15-13-28)36(38,39)40)33(45)24-44-31-19-22-47-34(31)35(46)41-32(44)18-9-25-7-16-30(37)17-8-25;5-1(3(7)8)2(6)4(9)10/h5-8,10-17,19,22H,3-4,9,18,20-21,23-24H2,1-2H3;1-2,5-6H,(H,7,8)(H,9,10)/t;1-,2-/m.1/s1. The van der Waals surface area contributed by atoms with E-state index in [1.54, 1.807) is 17.0 Å². The number of halogens is 4. The molecule has 3 aromatic carbocycles. The molecule has 0 bridgehead atoms. The van der Waals surface area contributed by atoms with Crippen LogP contribution in [0.3, 0.4) is 0 Å². The number of carbonyl (C=O) groups is 3. The lowest BCUT2D eigenvalue weighted by atomic mass is 10.0. The maximum absolute atomic E-state index is 14.1. The van der Waals surface area contributed by atoms with E-state index in [-0.39, 0.29) is 23.8 Å². The van der Waals surface area contributed by atoms with Crippen LogP contribution in [0, 0.1) is 5.82 Å². The number of hydrogen-bond donors (Lipinski definition) is 4. The zero-order valence-corrected chi connectivity index (χ0v) is 31.8. The van der Waals surface area contributed by atoms with Gasteiger partial charge in [0.15, 0.2) is 12.2 Å². The molecule has 0 aliphatic heterocycles. The van der Waals surface area contributed by atoms with Crippen molar-refractivity contribution in [2.75, 3.05) is 26.2 Å². The number of amides is 1. The van der Waals surface area contributed by atoms with Gasteiger partial charge in [-0.25, -0.2) is 14.0 Å². The third-order valence-corrected chi connectivity index (χ3v) is 10.0. The molecule has 12 nitrogen and oxygen atoms in total. The van der Waals surface area contributed by atoms with Crippen LogP contribution in [0.5, 0.6) is 0 Å². The zero-order chi connectivity index (χ0) is 41.9. The summed E-state index contributed by atoms with van der Waals surface area (Å²) in [6.07, 6.45) is -8.01. The summed E-state index contributed by atoms with van der Waals surface area (Å²) in [5, 5.41) is 34.3. The van der Waals surface area contributed by atoms with Crippen LogP contribution >= 0.6 is 11.3 Å². The highest BCUT2D eigenvalue weighted by Gasteiger charge is 2.30. The Bertz CT molecular complexity index is 2150. The number of fused-ring (bicyclic) bond motifs is 1. The fourth-order valence-corrected chi connectivity index (χ4v) is 6.57. The van der Waals surface area contributed by atoms with Crippen LogP contribution < -0.4 is 5.56 Å². The maximum Gasteiger partial charge on any atom is 0.416 e. The Kier molecular flexibility index (Phi) is 15.6. The molecule has 0 aliphatic carbocycles. The second kappa shape index (κ2) is 20.1. The number of hydrogen-bond acceptors (Lipinski definition) is 9. The van der Waals surface area contributed by atoms with Gasteiger partial charge < -0.3 is 34.8 Å². The quantitative estimate of drug-likeness (QED) is 0.0956. The molecule has 5 rings (SSSR count). The number of likely N-dealkylation sites (N-methyl/N-ethyl adjacent to an activating group) is 1. The lowest BCUT2D eigenvalue weighted by Crippen LogP contribution is -2.40. The molecule has 0 unspecified atom stereocenters. The summed E-state index contributed by atoms with van der Waals surface area (Å²) in [5.41, 5.74) is 2.83. The molecule has 2 aromatic heterocycles. The Morgan fingerprint density at radius 3 is 1.86 bits per heavy atom. The fourth-order valence-electron chi connectivity index (χ4n) is 5.79. The summed E-state index contributed by atoms with van der Waals surface area (Å²) in [6.45, 7) is 7.30. The number of aliphatic hydroxyl groups is 2. The second-order valence-electron chi connectivity index (χ2n) is 12.9. The minimum atomic E-state index is -4.40. The van der Waals surface area contributed by atoms with E-state index in [9.17, 15) is 36.7 Å². The van der Waals surface area contributed by atoms with Crippen molar-refractivity contribution >= 4 is 39.4 Å². The van der Waals surface area contributed by atoms with E-state index in [4.69, 9.17) is 20.4 Å². The Morgan fingerprint density at radius 2 is 1.33 bits per heavy atom. The molecule has 0 fully saturated rings. The van der Waals surface area contributed by atoms with Gasteiger partial charge in [-0.15, -0.1) is 11.3 Å². The van der Waals surface area contributed by atoms with Gasteiger partial charge in [0, 0.05) is 26.1 Å². The van der Waals surface area contributed by atoms with E-state index in [0.717, 1.165) is 41.9 Å². The summed E-state index contributed by atoms with van der Waals surface area (Å²) in [7, 11) is 0. The molecule has 0 saturated heterocycles. The van der Waals surface area contributed by atoms with Crippen molar-refractivity contribution < 1.29 is 52.4 Å². The van der Waals surface area contributed by atoms with E-state index < -0.39 is 35.9 Å². The molecule has 0 spiro atoms. The molecule has 2 atom stereocenters. The highest BCUT2D eigenvalue weighted by Crippen LogP contribution is 2.31. The third kappa shape index (κ3) is 12.2. The summed E-state index contributed by atoms with van der Waals surface area (Å²) < 4.78 is 54.8. The first kappa shape index (κ1) is 44.2. The molecule has 0 saturated carbocycles. The van der Waals surface area contributed by atoms with Crippen molar-refractivity contribution in [3.63, 3.8) is 0 Å². The average molecular weight is 815 g/mol. The van der Waals surface area contributed by atoms with E-state index in [1.807, 2.05) is 40.3 Å². The summed E-state index contributed by atoms with van der Waals surface area (Å²) in [5.74, 6) is -3.51. The highest BCUT2D eigenvalue weighted by molar-refractivity contribution is 7.17. The largest absolute Gasteiger partial charge is 0.479 e. The van der Waals surface area contributed by atoms with Gasteiger partial charge >= 0.3 is 18.1 Å². The number of aliphatic hydroxyl groups excluding tert-OH is 2. The van der Waals surface area contributed by atoms with Crippen molar-refractivity contribution in [2.45, 2.75) is 58.2 Å². The second-order valence-corrected chi connectivity index (χ2v) is 13.8. The van der Waals surface area contributed by atoms with Crippen LogP contribution in [-0.2, 0) is 46.5 Å². The molecule has 0 radical (unpaired) electrons. The summed E-state index contributed by atoms with van der Waals surface area (Å²) >= 11 is 1.29. The molecule has 5 aromatic rings. The van der Waals surface area contributed by atoms with Crippen LogP contribution in [0.4, 0.5) is 17.6 Å². The van der Waals surface area contributed by atoms with E-state index in [0.29, 0.717) is 54.1 Å². The minimum Gasteiger partial charge on any atom is -0.479 e. The molecule has 1 amide bonds. The van der Waals surface area contributed by atoms with Gasteiger partial charge in [0.2, 0.25) is 5.91 Å². The number of alkyl halides is 3. The van der Waals surface area contributed by atoms with E-state index in [1.165, 1.54) is 35.6 Å². The van der Waals surface area contributed by atoms with Gasteiger partial charge in [-0.1, -0.05) is 62.4 Å². The van der Waals surface area contributed by atoms with Crippen molar-refractivity contribution in [2.24, 2.45) is 0 Å². The molecule has 4 N–H and O–H groups in total. The number of carboxylic acids is 2. The van der Waals surface area contributed by atoms with Gasteiger partial charge in [0.1, 0.15) is 22.9 Å². The molecular formula is C40H42F4N4O8S. The van der Waals surface area contributed by atoms with Crippen LogP contribution in [0.2, 0.25) is 0 Å². The lowest BCUT2D eigenvalue weighted by molar-refractivity contribution is -0.165. The average Bonchev–Trinajstić information content (AvgIpc) is 3.69. The Labute approximate surface area is 328 Å². The number of carboxylic acid groups (broad SMARTS) is 2. The fraction of sp³-hybridized carbons (Fsp3) is 0.325. The van der Waals surface area contributed by atoms with Gasteiger partial charge in [0.25, 0.3) is 5.56 Å². The van der Waals surface area contributed by atoms with Gasteiger partial charge in [-0.3, -0.25) is 9.59 Å². The molecule has 17 heteroatoms. The van der Waals surface area contributed by atoms with Crippen LogP contribution in [0.1, 0.15) is 36.4 Å². The van der Waals surface area contributed by atoms with Crippen molar-refractivity contribution in [1.29, 1.82) is 0 Å². The highest BCUT2D eigenvalue weighted by atomic mass is 32.1. The lowest BCUT2D eigenvalue weighted by Gasteiger charge is -2.27. The topological polar surface area (TPSA) is 174 Å². The van der Waals surface area contributed by atoms with Gasteiger partial charge in [-0.05, 0) is 77.5 Å². The van der Waals surface area contributed by atoms with Gasteiger partial charge in [0.05, 0.1) is 11.1 Å². The SMILES string of the molecule is CCN(CC)CCN(Cc1ccc(-c2ccc(C(F)(F)F)cc2)cc1)C(=O)Cn1c(CCc2ccc(F)cc2)nc(=O)c2sccc21.O=C(O)[C@H](O)[C@@H](O)C(=O)O. The number of benzene rings is 3. The van der Waals surface area contributed by atoms with Crippen molar-refractivity contribution in [1.82, 2.24) is 19.4 Å². The Morgan fingerprint density at radius 1 is 0.789 bits per heavy atom. The number of aliphatic carboxylic acids is 2. The normalized spacial score (nSPS) is 12.5. The number of aryl methyl sites for hydroxylation is 2. The predicted molar refractivity (Wildman–Crippen MR) is 205 cm³/mol. The molecule has 2 heterocycles. The molecular weight excluding hydrogens is 773 g/mol. The Hall–Kier alpha value is -5.49. The first-order chi connectivity index (χ1) is 27.0. The van der Waals surface area contributed by atoms with Crippen molar-refractivity contribution in [3.05, 3.63) is 123 Å². The smallest absolute Gasteiger partial charge is 0.416 e. The van der Waals surface area contributed by atoms with E-state index in [2.05, 4.69) is 23.7 Å². The first-order valence-electron chi connectivity index (χ1n) is 17.8. The number of rotatable bonds is 16. The number of carbonyl (C=O) groups excluding carboxylic acids is 1. The minimum absolute atomic E-state index is 0.0127. The van der Waals surface area contributed by atoms with Crippen molar-refractivity contribution in [3.8, 4) is 11.1 Å². The molecule has 0 aliphatic rings. The first-order valence-corrected chi connectivity index (χ1v) is 18.7. The van der Waals surface area contributed by atoms with Crippen LogP contribution in [0.15, 0.2) is 89.0 Å². The number of thiophene rings is 1. The molecule has 57 heavy (non-hydrogen) atoms. The Balaban J connectivity index is 0.000000635. The monoisotopic (exact) mass is 814 g/mol. The van der Waals surface area contributed by atoms with Crippen LogP contribution in [-0.4, -0.2) is 96.0 Å².